The number of benzene rings is 1. The summed E-state index contributed by atoms with van der Waals surface area (Å²) in [6, 6.07) is 10.1. The van der Waals surface area contributed by atoms with Crippen LogP contribution >= 0.6 is 11.3 Å². The lowest BCUT2D eigenvalue weighted by atomic mass is 10.0. The van der Waals surface area contributed by atoms with Crippen LogP contribution < -0.4 is 5.32 Å². The van der Waals surface area contributed by atoms with Gasteiger partial charge < -0.3 is 10.4 Å². The average Bonchev–Trinajstić information content (AvgIpc) is 2.90. The van der Waals surface area contributed by atoms with Crippen LogP contribution in [0.1, 0.15) is 16.7 Å². The van der Waals surface area contributed by atoms with Crippen LogP contribution in [0.25, 0.3) is 0 Å². The maximum Gasteiger partial charge on any atom is 0.123 e. The Morgan fingerprint density at radius 1 is 1.35 bits per heavy atom. The molecule has 1 aromatic carbocycles. The molecule has 0 aliphatic carbocycles. The largest absolute Gasteiger partial charge is 0.384 e. The number of rotatable bonds is 5. The Labute approximate surface area is 105 Å². The van der Waals surface area contributed by atoms with Crippen LogP contribution in [0.4, 0.5) is 0 Å². The molecule has 0 saturated carbocycles. The van der Waals surface area contributed by atoms with E-state index in [-0.39, 0.29) is 6.04 Å². The maximum absolute atomic E-state index is 10.2. The van der Waals surface area contributed by atoms with E-state index in [9.17, 15) is 5.11 Å². The van der Waals surface area contributed by atoms with Crippen molar-refractivity contribution in [1.82, 2.24) is 10.3 Å². The Morgan fingerprint density at radius 3 is 2.71 bits per heavy atom. The minimum absolute atomic E-state index is 0.0106. The molecule has 17 heavy (non-hydrogen) atoms. The van der Waals surface area contributed by atoms with Crippen LogP contribution in [0.2, 0.25) is 0 Å². The molecular formula is C13H16N2OS. The molecule has 0 amide bonds. The van der Waals surface area contributed by atoms with Gasteiger partial charge in [0, 0.05) is 17.6 Å². The third-order valence-corrected chi connectivity index (χ3v) is 3.60. The zero-order chi connectivity index (χ0) is 12.1. The molecule has 0 saturated heterocycles. The molecule has 1 heterocycles. The molecule has 1 aromatic heterocycles. The first-order valence-corrected chi connectivity index (χ1v) is 6.48. The van der Waals surface area contributed by atoms with Crippen molar-refractivity contribution in [3.8, 4) is 0 Å². The number of aliphatic hydroxyl groups excluding tert-OH is 1. The second-order valence-corrected chi connectivity index (χ2v) is 4.83. The Morgan fingerprint density at radius 2 is 2.12 bits per heavy atom. The molecular weight excluding hydrogens is 232 g/mol. The van der Waals surface area contributed by atoms with Crippen molar-refractivity contribution in [3.05, 3.63) is 52.5 Å². The van der Waals surface area contributed by atoms with Crippen molar-refractivity contribution < 1.29 is 5.11 Å². The lowest BCUT2D eigenvalue weighted by Gasteiger charge is -2.20. The number of hydrogen-bond acceptors (Lipinski definition) is 4. The van der Waals surface area contributed by atoms with Gasteiger partial charge in [-0.3, -0.25) is 0 Å². The fourth-order valence-electron chi connectivity index (χ4n) is 1.79. The van der Waals surface area contributed by atoms with Crippen molar-refractivity contribution in [2.45, 2.75) is 18.6 Å². The highest BCUT2D eigenvalue weighted by atomic mass is 32.1. The molecule has 0 spiro atoms. The molecule has 0 bridgehead atoms. The van der Waals surface area contributed by atoms with Gasteiger partial charge >= 0.3 is 0 Å². The zero-order valence-corrected chi connectivity index (χ0v) is 10.5. The fourth-order valence-corrected chi connectivity index (χ4v) is 2.48. The Kier molecular flexibility index (Phi) is 4.25. The summed E-state index contributed by atoms with van der Waals surface area (Å²) in [6.07, 6.45) is 1.96. The van der Waals surface area contributed by atoms with E-state index >= 15 is 0 Å². The molecule has 0 aliphatic rings. The normalized spacial score (nSPS) is 14.5. The van der Waals surface area contributed by atoms with Crippen LogP contribution in [0.3, 0.4) is 0 Å². The van der Waals surface area contributed by atoms with E-state index in [2.05, 4.69) is 22.4 Å². The lowest BCUT2D eigenvalue weighted by molar-refractivity contribution is 0.131. The van der Waals surface area contributed by atoms with Crippen LogP contribution in [-0.4, -0.2) is 23.2 Å². The molecule has 0 aliphatic heterocycles. The quantitative estimate of drug-likeness (QED) is 0.850. The molecule has 0 radical (unpaired) electrons. The molecule has 2 aromatic rings. The number of hydrogen-bond donors (Lipinski definition) is 2. The van der Waals surface area contributed by atoms with Crippen molar-refractivity contribution in [1.29, 1.82) is 0 Å². The van der Waals surface area contributed by atoms with E-state index in [1.807, 2.05) is 30.6 Å². The van der Waals surface area contributed by atoms with Gasteiger partial charge in [0.25, 0.3) is 0 Å². The first kappa shape index (κ1) is 12.2. The third-order valence-electron chi connectivity index (χ3n) is 2.75. The maximum atomic E-state index is 10.2. The topological polar surface area (TPSA) is 45.1 Å². The van der Waals surface area contributed by atoms with Gasteiger partial charge in [-0.15, -0.1) is 11.3 Å². The standard InChI is InChI=1S/C13H16N2OS/c1-14-11(9-10-5-3-2-4-6-10)12(16)13-15-7-8-17-13/h2-8,11-12,14,16H,9H2,1H3. The first-order chi connectivity index (χ1) is 8.31. The molecule has 4 heteroatoms. The average molecular weight is 248 g/mol. The van der Waals surface area contributed by atoms with Crippen molar-refractivity contribution >= 4 is 11.3 Å². The monoisotopic (exact) mass is 248 g/mol. The SMILES string of the molecule is CNC(Cc1ccccc1)C(O)c1nccs1. The van der Waals surface area contributed by atoms with E-state index in [1.165, 1.54) is 16.9 Å². The number of aliphatic hydroxyl groups is 1. The van der Waals surface area contributed by atoms with Crippen LogP contribution in [-0.2, 0) is 6.42 Å². The minimum Gasteiger partial charge on any atom is -0.384 e. The smallest absolute Gasteiger partial charge is 0.123 e. The highest BCUT2D eigenvalue weighted by Gasteiger charge is 2.21. The van der Waals surface area contributed by atoms with Crippen LogP contribution in [0, 0.1) is 0 Å². The summed E-state index contributed by atoms with van der Waals surface area (Å²) < 4.78 is 0. The molecule has 2 N–H and O–H groups in total. The number of aromatic nitrogens is 1. The second kappa shape index (κ2) is 5.91. The predicted octanol–water partition coefficient (Wildman–Crippen LogP) is 2.01. The molecule has 2 rings (SSSR count). The summed E-state index contributed by atoms with van der Waals surface area (Å²) in [5.41, 5.74) is 1.21. The number of thiazole rings is 1. The van der Waals surface area contributed by atoms with Gasteiger partial charge in [-0.1, -0.05) is 30.3 Å². The van der Waals surface area contributed by atoms with E-state index in [4.69, 9.17) is 0 Å². The van der Waals surface area contributed by atoms with Crippen molar-refractivity contribution in [2.75, 3.05) is 7.05 Å². The second-order valence-electron chi connectivity index (χ2n) is 3.90. The van der Waals surface area contributed by atoms with Crippen LogP contribution in [0.5, 0.6) is 0 Å². The van der Waals surface area contributed by atoms with Gasteiger partial charge in [-0.25, -0.2) is 4.98 Å². The fraction of sp³-hybridized carbons (Fsp3) is 0.308. The highest BCUT2D eigenvalue weighted by Crippen LogP contribution is 2.21. The summed E-state index contributed by atoms with van der Waals surface area (Å²) in [5, 5.41) is 16.0. The summed E-state index contributed by atoms with van der Waals surface area (Å²) in [6.45, 7) is 0. The van der Waals surface area contributed by atoms with E-state index in [0.29, 0.717) is 0 Å². The lowest BCUT2D eigenvalue weighted by Crippen LogP contribution is -2.34. The Hall–Kier alpha value is -1.23. The van der Waals surface area contributed by atoms with Gasteiger partial charge in [0.2, 0.25) is 0 Å². The summed E-state index contributed by atoms with van der Waals surface area (Å²) in [4.78, 5) is 4.16. The zero-order valence-electron chi connectivity index (χ0n) is 9.71. The summed E-state index contributed by atoms with van der Waals surface area (Å²) in [5.74, 6) is 0. The number of nitrogens with one attached hydrogen (secondary N) is 1. The van der Waals surface area contributed by atoms with E-state index in [1.54, 1.807) is 6.20 Å². The highest BCUT2D eigenvalue weighted by molar-refractivity contribution is 7.09. The predicted molar refractivity (Wildman–Crippen MR) is 70.1 cm³/mol. The first-order valence-electron chi connectivity index (χ1n) is 5.60. The van der Waals surface area contributed by atoms with E-state index in [0.717, 1.165) is 11.4 Å². The van der Waals surface area contributed by atoms with Crippen LogP contribution in [0.15, 0.2) is 41.9 Å². The third kappa shape index (κ3) is 3.12. The number of likely N-dealkylation sites (N-methyl/N-ethyl adjacent to an activating group) is 1. The molecule has 2 unspecified atom stereocenters. The van der Waals surface area contributed by atoms with E-state index < -0.39 is 6.10 Å². The van der Waals surface area contributed by atoms with Crippen molar-refractivity contribution in [2.24, 2.45) is 0 Å². The molecule has 3 nitrogen and oxygen atoms in total. The molecule has 2 atom stereocenters. The molecule has 90 valence electrons. The van der Waals surface area contributed by atoms with Crippen molar-refractivity contribution in [3.63, 3.8) is 0 Å². The molecule has 0 fully saturated rings. The summed E-state index contributed by atoms with van der Waals surface area (Å²) in [7, 11) is 1.87. The van der Waals surface area contributed by atoms with Gasteiger partial charge in [0.05, 0.1) is 0 Å². The Bertz CT molecular complexity index is 430. The number of nitrogens with zero attached hydrogens (tertiary/aromatic N) is 1. The van der Waals surface area contributed by atoms with Gasteiger partial charge in [-0.05, 0) is 19.0 Å². The van der Waals surface area contributed by atoms with Gasteiger partial charge in [0.15, 0.2) is 0 Å². The minimum atomic E-state index is -0.555. The Balaban J connectivity index is 2.07. The van der Waals surface area contributed by atoms with Gasteiger partial charge in [-0.2, -0.15) is 0 Å². The van der Waals surface area contributed by atoms with Gasteiger partial charge in [0.1, 0.15) is 11.1 Å². The summed E-state index contributed by atoms with van der Waals surface area (Å²) >= 11 is 1.48.